The molecule has 2 heterocycles. The molecule has 1 fully saturated rings. The Morgan fingerprint density at radius 3 is 2.77 bits per heavy atom. The molecule has 0 radical (unpaired) electrons. The van der Waals surface area contributed by atoms with Gasteiger partial charge in [0.05, 0.1) is 6.54 Å². The lowest BCUT2D eigenvalue weighted by Gasteiger charge is -2.24. The fourth-order valence-corrected chi connectivity index (χ4v) is 2.87. The third-order valence-corrected chi connectivity index (χ3v) is 4.17. The average Bonchev–Trinajstić information content (AvgIpc) is 2.91. The van der Waals surface area contributed by atoms with E-state index in [-0.39, 0.29) is 17.9 Å². The highest BCUT2D eigenvalue weighted by Gasteiger charge is 2.39. The van der Waals surface area contributed by atoms with E-state index in [0.29, 0.717) is 30.9 Å². The van der Waals surface area contributed by atoms with Crippen LogP contribution in [0.25, 0.3) is 0 Å². The van der Waals surface area contributed by atoms with Crippen LogP contribution in [0.4, 0.5) is 10.2 Å². The molecule has 116 valence electrons. The molecule has 1 atom stereocenters. The van der Waals surface area contributed by atoms with Crippen LogP contribution in [0.1, 0.15) is 18.9 Å². The van der Waals surface area contributed by atoms with Crippen LogP contribution in [0.15, 0.2) is 41.5 Å². The maximum absolute atomic E-state index is 13.0. The van der Waals surface area contributed by atoms with E-state index in [4.69, 9.17) is 0 Å². The number of halogens is 1. The van der Waals surface area contributed by atoms with Crippen molar-refractivity contribution in [3.8, 4) is 0 Å². The Balaban J connectivity index is 1.89. The Morgan fingerprint density at radius 2 is 2.09 bits per heavy atom. The van der Waals surface area contributed by atoms with Crippen molar-refractivity contribution in [2.75, 3.05) is 18.0 Å². The van der Waals surface area contributed by atoms with E-state index in [0.717, 1.165) is 0 Å². The zero-order valence-corrected chi connectivity index (χ0v) is 12.4. The smallest absolute Gasteiger partial charge is 0.293 e. The molecular weight excluding hydrogens is 285 g/mol. The quantitative estimate of drug-likeness (QED) is 0.933. The molecule has 1 aliphatic heterocycles. The molecule has 1 N–H and O–H groups in total. The molecule has 1 aliphatic rings. The summed E-state index contributed by atoms with van der Waals surface area (Å²) < 4.78 is 14.6. The maximum atomic E-state index is 13.0. The summed E-state index contributed by atoms with van der Waals surface area (Å²) in [4.78, 5) is 18.3. The van der Waals surface area contributed by atoms with E-state index < -0.39 is 5.60 Å². The van der Waals surface area contributed by atoms with Gasteiger partial charge in [-0.25, -0.2) is 9.37 Å². The van der Waals surface area contributed by atoms with Gasteiger partial charge < -0.3 is 14.6 Å². The number of anilines is 1. The Bertz CT molecular complexity index is 729. The van der Waals surface area contributed by atoms with E-state index in [9.17, 15) is 14.3 Å². The van der Waals surface area contributed by atoms with Crippen LogP contribution in [0.2, 0.25) is 0 Å². The van der Waals surface area contributed by atoms with Crippen molar-refractivity contribution in [3.05, 3.63) is 58.4 Å². The van der Waals surface area contributed by atoms with Crippen molar-refractivity contribution >= 4 is 5.82 Å². The van der Waals surface area contributed by atoms with Crippen molar-refractivity contribution in [3.63, 3.8) is 0 Å². The highest BCUT2D eigenvalue weighted by atomic mass is 19.1. The van der Waals surface area contributed by atoms with Crippen LogP contribution in [0, 0.1) is 5.82 Å². The minimum absolute atomic E-state index is 0.159. The maximum Gasteiger partial charge on any atom is 0.293 e. The zero-order chi connectivity index (χ0) is 15.7. The number of β-amino-alcohol motifs (C(OH)–C–C–N with tert-alkyl or cyclic N) is 1. The Morgan fingerprint density at radius 1 is 1.36 bits per heavy atom. The van der Waals surface area contributed by atoms with Crippen LogP contribution >= 0.6 is 0 Å². The van der Waals surface area contributed by atoms with Crippen molar-refractivity contribution < 1.29 is 9.50 Å². The van der Waals surface area contributed by atoms with E-state index in [1.54, 1.807) is 34.0 Å². The van der Waals surface area contributed by atoms with Gasteiger partial charge in [-0.15, -0.1) is 0 Å². The van der Waals surface area contributed by atoms with E-state index >= 15 is 0 Å². The molecule has 1 aromatic carbocycles. The molecule has 3 rings (SSSR count). The first kappa shape index (κ1) is 14.7. The Labute approximate surface area is 127 Å². The highest BCUT2D eigenvalue weighted by Crippen LogP contribution is 2.33. The van der Waals surface area contributed by atoms with Gasteiger partial charge in [0.25, 0.3) is 5.56 Å². The van der Waals surface area contributed by atoms with Gasteiger partial charge in [0.15, 0.2) is 5.82 Å². The van der Waals surface area contributed by atoms with Crippen LogP contribution in [0.3, 0.4) is 0 Å². The van der Waals surface area contributed by atoms with Gasteiger partial charge in [-0.1, -0.05) is 12.1 Å². The first-order valence-electron chi connectivity index (χ1n) is 7.32. The molecule has 0 amide bonds. The molecular formula is C16H18FN3O2. The lowest BCUT2D eigenvalue weighted by Crippen LogP contribution is -2.35. The number of benzene rings is 1. The van der Waals surface area contributed by atoms with Crippen molar-refractivity contribution in [1.82, 2.24) is 9.55 Å². The summed E-state index contributed by atoms with van der Waals surface area (Å²) >= 11 is 0. The summed E-state index contributed by atoms with van der Waals surface area (Å²) in [7, 11) is 0. The first-order chi connectivity index (χ1) is 10.5. The third kappa shape index (κ3) is 2.50. The minimum Gasteiger partial charge on any atom is -0.383 e. The number of hydrogen-bond donors (Lipinski definition) is 1. The molecule has 1 unspecified atom stereocenters. The monoisotopic (exact) mass is 303 g/mol. The fourth-order valence-electron chi connectivity index (χ4n) is 2.87. The molecule has 5 nitrogen and oxygen atoms in total. The molecule has 0 aliphatic carbocycles. The van der Waals surface area contributed by atoms with Gasteiger partial charge in [0, 0.05) is 25.5 Å². The van der Waals surface area contributed by atoms with Gasteiger partial charge in [-0.05, 0) is 31.0 Å². The molecule has 1 saturated heterocycles. The predicted octanol–water partition coefficient (Wildman–Crippen LogP) is 1.50. The second kappa shape index (κ2) is 5.53. The van der Waals surface area contributed by atoms with Crippen molar-refractivity contribution in [2.24, 2.45) is 0 Å². The SMILES string of the molecule is CCn1ccnc(N2CCC(O)(c3ccc(F)cc3)C2)c1=O. The Hall–Kier alpha value is -2.21. The second-order valence-corrected chi connectivity index (χ2v) is 5.55. The lowest BCUT2D eigenvalue weighted by molar-refractivity contribution is 0.0605. The molecule has 0 bridgehead atoms. The van der Waals surface area contributed by atoms with Crippen LogP contribution in [-0.2, 0) is 12.1 Å². The van der Waals surface area contributed by atoms with Gasteiger partial charge >= 0.3 is 0 Å². The molecule has 0 spiro atoms. The van der Waals surface area contributed by atoms with Crippen molar-refractivity contribution in [2.45, 2.75) is 25.5 Å². The summed E-state index contributed by atoms with van der Waals surface area (Å²) in [5, 5.41) is 10.8. The average molecular weight is 303 g/mol. The summed E-state index contributed by atoms with van der Waals surface area (Å²) in [5.41, 5.74) is -0.592. The molecule has 6 heteroatoms. The number of aliphatic hydroxyl groups is 1. The topological polar surface area (TPSA) is 58.4 Å². The molecule has 22 heavy (non-hydrogen) atoms. The van der Waals surface area contributed by atoms with Crippen molar-refractivity contribution in [1.29, 1.82) is 0 Å². The van der Waals surface area contributed by atoms with Gasteiger partial charge in [-0.3, -0.25) is 4.79 Å². The lowest BCUT2D eigenvalue weighted by atomic mass is 9.93. The Kier molecular flexibility index (Phi) is 3.70. The summed E-state index contributed by atoms with van der Waals surface area (Å²) in [5.74, 6) is 0.0140. The largest absolute Gasteiger partial charge is 0.383 e. The highest BCUT2D eigenvalue weighted by molar-refractivity contribution is 5.41. The number of rotatable bonds is 3. The fraction of sp³-hybridized carbons (Fsp3) is 0.375. The number of aryl methyl sites for hydroxylation is 1. The van der Waals surface area contributed by atoms with E-state index in [1.807, 2.05) is 6.92 Å². The first-order valence-corrected chi connectivity index (χ1v) is 7.32. The summed E-state index contributed by atoms with van der Waals surface area (Å²) in [6, 6.07) is 5.84. The van der Waals surface area contributed by atoms with Gasteiger partial charge in [0.2, 0.25) is 0 Å². The molecule has 1 aromatic heterocycles. The van der Waals surface area contributed by atoms with Crippen LogP contribution in [0.5, 0.6) is 0 Å². The van der Waals surface area contributed by atoms with E-state index in [1.165, 1.54) is 12.1 Å². The number of aromatic nitrogens is 2. The third-order valence-electron chi connectivity index (χ3n) is 4.17. The van der Waals surface area contributed by atoms with Crippen LogP contribution in [-0.4, -0.2) is 27.7 Å². The standard InChI is InChI=1S/C16H18FN3O2/c1-2-19-10-8-18-14(15(19)21)20-9-7-16(22,11-20)12-3-5-13(17)6-4-12/h3-6,8,10,22H,2,7,9,11H2,1H3. The summed E-state index contributed by atoms with van der Waals surface area (Å²) in [6.45, 7) is 3.27. The minimum atomic E-state index is -1.09. The normalized spacial score (nSPS) is 21.3. The summed E-state index contributed by atoms with van der Waals surface area (Å²) in [6.07, 6.45) is 3.71. The van der Waals surface area contributed by atoms with E-state index in [2.05, 4.69) is 4.98 Å². The van der Waals surface area contributed by atoms with Crippen LogP contribution < -0.4 is 10.5 Å². The predicted molar refractivity (Wildman–Crippen MR) is 81.3 cm³/mol. The number of nitrogens with zero attached hydrogens (tertiary/aromatic N) is 3. The number of hydrogen-bond acceptors (Lipinski definition) is 4. The second-order valence-electron chi connectivity index (χ2n) is 5.55. The van der Waals surface area contributed by atoms with Gasteiger partial charge in [0.1, 0.15) is 11.4 Å². The molecule has 2 aromatic rings. The zero-order valence-electron chi connectivity index (χ0n) is 12.4. The molecule has 0 saturated carbocycles. The van der Waals surface area contributed by atoms with Gasteiger partial charge in [-0.2, -0.15) is 0 Å².